The molecule has 0 radical (unpaired) electrons. The standard InChI is InChI=1S/C23H16F3N5O/c1-14-2-3-18(31-22(32)16-5-7-30-21(9-16)23(24,25)26)10-19(14)15-4-6-29-20(8-15)17-11-27-13-28-12-17/h2-13H,1H3,(H,31,32). The van der Waals surface area contributed by atoms with E-state index in [0.717, 1.165) is 34.5 Å². The minimum absolute atomic E-state index is 0.135. The lowest BCUT2D eigenvalue weighted by Crippen LogP contribution is -2.15. The van der Waals surface area contributed by atoms with Crippen LogP contribution in [-0.2, 0) is 6.18 Å². The first-order valence-electron chi connectivity index (χ1n) is 9.48. The first kappa shape index (κ1) is 21.1. The predicted octanol–water partition coefficient (Wildman–Crippen LogP) is 5.18. The van der Waals surface area contributed by atoms with Crippen molar-refractivity contribution in [1.29, 1.82) is 0 Å². The normalized spacial score (nSPS) is 11.2. The van der Waals surface area contributed by atoms with E-state index in [1.807, 2.05) is 25.1 Å². The number of carbonyl (C=O) groups is 1. The summed E-state index contributed by atoms with van der Waals surface area (Å²) in [6.07, 6.45) is 2.75. The SMILES string of the molecule is Cc1ccc(NC(=O)c2ccnc(C(F)(F)F)c2)cc1-c1ccnc(-c2cncnc2)c1. The number of anilines is 1. The lowest BCUT2D eigenvalue weighted by molar-refractivity contribution is -0.141. The number of aryl methyl sites for hydroxylation is 1. The summed E-state index contributed by atoms with van der Waals surface area (Å²) in [6, 6.07) is 10.9. The van der Waals surface area contributed by atoms with E-state index in [-0.39, 0.29) is 5.56 Å². The van der Waals surface area contributed by atoms with Gasteiger partial charge in [0.1, 0.15) is 12.0 Å². The number of aromatic nitrogens is 4. The maximum absolute atomic E-state index is 12.9. The van der Waals surface area contributed by atoms with Crippen LogP contribution < -0.4 is 5.32 Å². The van der Waals surface area contributed by atoms with Crippen molar-refractivity contribution in [3.63, 3.8) is 0 Å². The van der Waals surface area contributed by atoms with E-state index in [0.29, 0.717) is 11.4 Å². The van der Waals surface area contributed by atoms with Gasteiger partial charge in [0.25, 0.3) is 5.91 Å². The Bertz CT molecular complexity index is 1280. The van der Waals surface area contributed by atoms with Crippen molar-refractivity contribution in [2.75, 3.05) is 5.32 Å². The van der Waals surface area contributed by atoms with Gasteiger partial charge in [0.2, 0.25) is 0 Å². The smallest absolute Gasteiger partial charge is 0.322 e. The van der Waals surface area contributed by atoms with Crippen LogP contribution in [0.25, 0.3) is 22.4 Å². The minimum Gasteiger partial charge on any atom is -0.322 e. The molecule has 3 heterocycles. The number of hydrogen-bond acceptors (Lipinski definition) is 5. The van der Waals surface area contributed by atoms with Crippen LogP contribution >= 0.6 is 0 Å². The highest BCUT2D eigenvalue weighted by molar-refractivity contribution is 6.04. The predicted molar refractivity (Wildman–Crippen MR) is 113 cm³/mol. The summed E-state index contributed by atoms with van der Waals surface area (Å²) in [7, 11) is 0. The molecule has 0 atom stereocenters. The first-order chi connectivity index (χ1) is 15.3. The highest BCUT2D eigenvalue weighted by Gasteiger charge is 2.32. The summed E-state index contributed by atoms with van der Waals surface area (Å²) in [5.74, 6) is -0.662. The van der Waals surface area contributed by atoms with Crippen molar-refractivity contribution in [3.05, 3.63) is 90.4 Å². The highest BCUT2D eigenvalue weighted by atomic mass is 19.4. The van der Waals surface area contributed by atoms with Gasteiger partial charge in [-0.1, -0.05) is 6.07 Å². The van der Waals surface area contributed by atoms with Crippen molar-refractivity contribution in [2.45, 2.75) is 13.1 Å². The molecule has 0 unspecified atom stereocenters. The molecular formula is C23H16F3N5O. The van der Waals surface area contributed by atoms with Gasteiger partial charge in [0.05, 0.1) is 5.69 Å². The summed E-state index contributed by atoms with van der Waals surface area (Å²) in [6.45, 7) is 1.92. The number of nitrogens with zero attached hydrogens (tertiary/aromatic N) is 4. The zero-order valence-electron chi connectivity index (χ0n) is 16.8. The lowest BCUT2D eigenvalue weighted by atomic mass is 9.99. The molecule has 6 nitrogen and oxygen atoms in total. The highest BCUT2D eigenvalue weighted by Crippen LogP contribution is 2.30. The Labute approximate surface area is 181 Å². The molecule has 1 N–H and O–H groups in total. The summed E-state index contributed by atoms with van der Waals surface area (Å²) >= 11 is 0. The summed E-state index contributed by atoms with van der Waals surface area (Å²) < 4.78 is 38.7. The van der Waals surface area contributed by atoms with E-state index in [9.17, 15) is 18.0 Å². The molecule has 0 aliphatic heterocycles. The third-order valence-electron chi connectivity index (χ3n) is 4.74. The van der Waals surface area contributed by atoms with Gasteiger partial charge in [-0.2, -0.15) is 13.2 Å². The summed E-state index contributed by atoms with van der Waals surface area (Å²) in [5.41, 5.74) is 3.29. The molecule has 0 aliphatic rings. The molecule has 0 spiro atoms. The maximum Gasteiger partial charge on any atom is 0.433 e. The van der Waals surface area contributed by atoms with Crippen LogP contribution in [-0.4, -0.2) is 25.8 Å². The second kappa shape index (κ2) is 8.54. The molecule has 9 heteroatoms. The molecule has 0 saturated heterocycles. The number of rotatable bonds is 4. The Balaban J connectivity index is 1.62. The van der Waals surface area contributed by atoms with E-state index in [2.05, 4.69) is 25.3 Å². The Morgan fingerprint density at radius 1 is 0.906 bits per heavy atom. The molecule has 32 heavy (non-hydrogen) atoms. The van der Waals surface area contributed by atoms with Gasteiger partial charge >= 0.3 is 6.18 Å². The first-order valence-corrected chi connectivity index (χ1v) is 9.48. The quantitative estimate of drug-likeness (QED) is 0.478. The van der Waals surface area contributed by atoms with Crippen molar-refractivity contribution in [2.24, 2.45) is 0 Å². The third-order valence-corrected chi connectivity index (χ3v) is 4.74. The van der Waals surface area contributed by atoms with Crippen molar-refractivity contribution >= 4 is 11.6 Å². The fourth-order valence-corrected chi connectivity index (χ4v) is 3.13. The fourth-order valence-electron chi connectivity index (χ4n) is 3.13. The Hall–Kier alpha value is -4.14. The molecule has 4 aromatic rings. The largest absolute Gasteiger partial charge is 0.433 e. The molecule has 0 bridgehead atoms. The molecule has 0 aliphatic carbocycles. The molecule has 0 saturated carbocycles. The molecule has 1 amide bonds. The second-order valence-corrected chi connectivity index (χ2v) is 6.97. The van der Waals surface area contributed by atoms with Crippen LogP contribution in [0.1, 0.15) is 21.6 Å². The molecule has 0 fully saturated rings. The Kier molecular flexibility index (Phi) is 5.63. The number of hydrogen-bond donors (Lipinski definition) is 1. The van der Waals surface area contributed by atoms with E-state index in [1.54, 1.807) is 30.7 Å². The summed E-state index contributed by atoms with van der Waals surface area (Å²) in [5, 5.41) is 2.65. The van der Waals surface area contributed by atoms with Crippen LogP contribution in [0.5, 0.6) is 0 Å². The van der Waals surface area contributed by atoms with E-state index in [4.69, 9.17) is 0 Å². The lowest BCUT2D eigenvalue weighted by Gasteiger charge is -2.12. The van der Waals surface area contributed by atoms with Crippen LogP contribution in [0.3, 0.4) is 0 Å². The van der Waals surface area contributed by atoms with E-state index < -0.39 is 17.8 Å². The zero-order chi connectivity index (χ0) is 22.7. The number of alkyl halides is 3. The van der Waals surface area contributed by atoms with Gasteiger partial charge < -0.3 is 5.32 Å². The molecule has 160 valence electrons. The molecular weight excluding hydrogens is 419 g/mol. The maximum atomic E-state index is 12.9. The van der Waals surface area contributed by atoms with Gasteiger partial charge in [-0.25, -0.2) is 9.97 Å². The van der Waals surface area contributed by atoms with E-state index in [1.165, 1.54) is 12.4 Å². The van der Waals surface area contributed by atoms with Crippen LogP contribution in [0, 0.1) is 6.92 Å². The van der Waals surface area contributed by atoms with Crippen LogP contribution in [0.15, 0.2) is 73.6 Å². The number of carbonyl (C=O) groups excluding carboxylic acids is 1. The zero-order valence-corrected chi connectivity index (χ0v) is 16.8. The van der Waals surface area contributed by atoms with Crippen molar-refractivity contribution in [3.8, 4) is 22.4 Å². The van der Waals surface area contributed by atoms with Gasteiger partial charge in [0, 0.05) is 41.6 Å². The average molecular weight is 435 g/mol. The number of benzene rings is 1. The Morgan fingerprint density at radius 2 is 1.66 bits per heavy atom. The molecule has 4 rings (SSSR count). The number of amides is 1. The second-order valence-electron chi connectivity index (χ2n) is 6.97. The van der Waals surface area contributed by atoms with Gasteiger partial charge in [-0.05, 0) is 60.0 Å². The van der Waals surface area contributed by atoms with Crippen LogP contribution in [0.2, 0.25) is 0 Å². The van der Waals surface area contributed by atoms with Gasteiger partial charge in [-0.15, -0.1) is 0 Å². The Morgan fingerprint density at radius 3 is 2.41 bits per heavy atom. The molecule has 1 aromatic carbocycles. The monoisotopic (exact) mass is 435 g/mol. The van der Waals surface area contributed by atoms with Crippen molar-refractivity contribution in [1.82, 2.24) is 19.9 Å². The van der Waals surface area contributed by atoms with Gasteiger partial charge in [0.15, 0.2) is 0 Å². The van der Waals surface area contributed by atoms with Crippen LogP contribution in [0.4, 0.5) is 18.9 Å². The topological polar surface area (TPSA) is 80.7 Å². The van der Waals surface area contributed by atoms with Crippen molar-refractivity contribution < 1.29 is 18.0 Å². The minimum atomic E-state index is -4.63. The van der Waals surface area contributed by atoms with E-state index >= 15 is 0 Å². The number of pyridine rings is 2. The number of halogens is 3. The third kappa shape index (κ3) is 4.61. The fraction of sp³-hybridized carbons (Fsp3) is 0.0870. The molecule has 3 aromatic heterocycles. The average Bonchev–Trinajstić information content (AvgIpc) is 2.80. The number of nitrogens with one attached hydrogen (secondary N) is 1. The summed E-state index contributed by atoms with van der Waals surface area (Å²) in [4.78, 5) is 28.2. The van der Waals surface area contributed by atoms with Gasteiger partial charge in [-0.3, -0.25) is 14.8 Å².